The van der Waals surface area contributed by atoms with Crippen LogP contribution in [0.4, 0.5) is 16.0 Å². The lowest BCUT2D eigenvalue weighted by atomic mass is 9.97. The largest absolute Gasteiger partial charge is 0.345 e. The molecule has 5 rings (SSSR count). The molecule has 204 valence electrons. The molecular formula is C27H32FN9O2. The van der Waals surface area contributed by atoms with Crippen molar-refractivity contribution in [3.8, 4) is 11.3 Å². The molecule has 4 aromatic rings. The Morgan fingerprint density at radius 3 is 2.72 bits per heavy atom. The van der Waals surface area contributed by atoms with Crippen molar-refractivity contribution in [1.29, 1.82) is 0 Å². The monoisotopic (exact) mass is 533 g/mol. The standard InChI is InChI=1S/C27H32FN9O2/c1-16-11-17(5-6-18(16)12-30-24(38)23-35-25(39-36-23)27(2,3)4)22-21(28)14-31-26(34-22)33-19-13-32-37(15-19)20-7-9-29-10-8-20/h5-6,11,13-15,20,29H,7-10,12H2,1-4H3,(H,30,38)(H,31,33,34). The van der Waals surface area contributed by atoms with E-state index in [1.807, 2.05) is 50.7 Å². The van der Waals surface area contributed by atoms with E-state index in [1.165, 1.54) is 0 Å². The molecule has 12 heteroatoms. The number of rotatable bonds is 7. The molecule has 0 atom stereocenters. The summed E-state index contributed by atoms with van der Waals surface area (Å²) in [5, 5.41) is 17.5. The maximum absolute atomic E-state index is 14.7. The first-order chi connectivity index (χ1) is 18.7. The highest BCUT2D eigenvalue weighted by Crippen LogP contribution is 2.26. The minimum Gasteiger partial charge on any atom is -0.345 e. The molecule has 0 unspecified atom stereocenters. The maximum atomic E-state index is 14.7. The molecule has 0 spiro atoms. The molecule has 0 saturated carbocycles. The molecular weight excluding hydrogens is 501 g/mol. The van der Waals surface area contributed by atoms with Crippen molar-refractivity contribution in [1.82, 2.24) is 40.5 Å². The molecule has 39 heavy (non-hydrogen) atoms. The predicted molar refractivity (Wildman–Crippen MR) is 143 cm³/mol. The Kier molecular flexibility index (Phi) is 7.38. The van der Waals surface area contributed by atoms with E-state index >= 15 is 0 Å². The number of amides is 1. The molecule has 1 aliphatic heterocycles. The van der Waals surface area contributed by atoms with Gasteiger partial charge >= 0.3 is 0 Å². The number of aromatic nitrogens is 6. The highest BCUT2D eigenvalue weighted by molar-refractivity contribution is 5.90. The normalized spacial score (nSPS) is 14.4. The summed E-state index contributed by atoms with van der Waals surface area (Å²) in [5.74, 6) is -0.306. The van der Waals surface area contributed by atoms with Crippen LogP contribution in [0.15, 0.2) is 41.3 Å². The lowest BCUT2D eigenvalue weighted by Crippen LogP contribution is -2.29. The zero-order chi connectivity index (χ0) is 27.6. The van der Waals surface area contributed by atoms with Gasteiger partial charge in [0.05, 0.1) is 24.1 Å². The number of halogens is 1. The van der Waals surface area contributed by atoms with Crippen molar-refractivity contribution >= 4 is 17.5 Å². The van der Waals surface area contributed by atoms with E-state index in [0.717, 1.165) is 48.9 Å². The fourth-order valence-electron chi connectivity index (χ4n) is 4.35. The molecule has 0 bridgehead atoms. The Morgan fingerprint density at radius 1 is 1.21 bits per heavy atom. The Hall–Kier alpha value is -4.19. The highest BCUT2D eigenvalue weighted by atomic mass is 19.1. The van der Waals surface area contributed by atoms with E-state index in [4.69, 9.17) is 4.52 Å². The van der Waals surface area contributed by atoms with Crippen LogP contribution < -0.4 is 16.0 Å². The minimum absolute atomic E-state index is 0.0152. The third-order valence-corrected chi connectivity index (χ3v) is 6.61. The van der Waals surface area contributed by atoms with E-state index in [2.05, 4.69) is 41.2 Å². The van der Waals surface area contributed by atoms with Crippen LogP contribution in [0.5, 0.6) is 0 Å². The number of carbonyl (C=O) groups is 1. The van der Waals surface area contributed by atoms with Crippen LogP contribution in [0.1, 0.15) is 67.3 Å². The van der Waals surface area contributed by atoms with Gasteiger partial charge in [0.15, 0.2) is 5.82 Å². The van der Waals surface area contributed by atoms with Crippen molar-refractivity contribution in [3.05, 3.63) is 65.4 Å². The molecule has 1 amide bonds. The van der Waals surface area contributed by atoms with Gasteiger partial charge in [-0.25, -0.2) is 14.4 Å². The number of anilines is 2. The van der Waals surface area contributed by atoms with Gasteiger partial charge in [0.25, 0.3) is 11.7 Å². The smallest absolute Gasteiger partial charge is 0.292 e. The van der Waals surface area contributed by atoms with Crippen molar-refractivity contribution in [3.63, 3.8) is 0 Å². The van der Waals surface area contributed by atoms with Gasteiger partial charge in [-0.2, -0.15) is 10.1 Å². The van der Waals surface area contributed by atoms with Gasteiger partial charge in [0.1, 0.15) is 5.69 Å². The van der Waals surface area contributed by atoms with Crippen LogP contribution >= 0.6 is 0 Å². The van der Waals surface area contributed by atoms with Gasteiger partial charge < -0.3 is 20.5 Å². The van der Waals surface area contributed by atoms with Crippen molar-refractivity contribution in [2.75, 3.05) is 18.4 Å². The van der Waals surface area contributed by atoms with Crippen LogP contribution in [0.3, 0.4) is 0 Å². The molecule has 0 aliphatic carbocycles. The van der Waals surface area contributed by atoms with Gasteiger partial charge in [0, 0.05) is 23.7 Å². The molecule has 11 nitrogen and oxygen atoms in total. The second-order valence-electron chi connectivity index (χ2n) is 10.7. The van der Waals surface area contributed by atoms with E-state index in [9.17, 15) is 9.18 Å². The zero-order valence-electron chi connectivity index (χ0n) is 22.5. The molecule has 4 heterocycles. The number of carbonyl (C=O) groups excluding carboxylic acids is 1. The zero-order valence-corrected chi connectivity index (χ0v) is 22.5. The number of piperidine rings is 1. The molecule has 1 aromatic carbocycles. The average molecular weight is 534 g/mol. The second kappa shape index (κ2) is 10.9. The van der Waals surface area contributed by atoms with Crippen LogP contribution in [0.25, 0.3) is 11.3 Å². The quantitative estimate of drug-likeness (QED) is 0.321. The number of benzene rings is 1. The third kappa shape index (κ3) is 6.11. The first-order valence-electron chi connectivity index (χ1n) is 12.9. The molecule has 1 aliphatic rings. The predicted octanol–water partition coefficient (Wildman–Crippen LogP) is 4.07. The summed E-state index contributed by atoms with van der Waals surface area (Å²) in [4.78, 5) is 25.2. The van der Waals surface area contributed by atoms with Gasteiger partial charge in [-0.3, -0.25) is 9.48 Å². The van der Waals surface area contributed by atoms with Crippen molar-refractivity contribution < 1.29 is 13.7 Å². The molecule has 3 aromatic heterocycles. The Labute approximate surface area is 225 Å². The summed E-state index contributed by atoms with van der Waals surface area (Å²) in [5.41, 5.74) is 2.90. The SMILES string of the molecule is Cc1cc(-c2nc(Nc3cnn(C4CCNCC4)c3)ncc2F)ccc1CNC(=O)c1noc(C(C)(C)C)n1. The average Bonchev–Trinajstić information content (AvgIpc) is 3.60. The van der Waals surface area contributed by atoms with Gasteiger partial charge in [0.2, 0.25) is 11.8 Å². The second-order valence-corrected chi connectivity index (χ2v) is 10.7. The number of nitrogens with one attached hydrogen (secondary N) is 3. The topological polar surface area (TPSA) is 136 Å². The summed E-state index contributed by atoms with van der Waals surface area (Å²) < 4.78 is 21.9. The first kappa shape index (κ1) is 26.4. The number of hydrogen-bond acceptors (Lipinski definition) is 9. The molecule has 1 fully saturated rings. The minimum atomic E-state index is -0.529. The summed E-state index contributed by atoms with van der Waals surface area (Å²) >= 11 is 0. The summed E-state index contributed by atoms with van der Waals surface area (Å²) in [6, 6.07) is 5.79. The number of hydrogen-bond donors (Lipinski definition) is 3. The van der Waals surface area contributed by atoms with E-state index in [-0.39, 0.29) is 29.4 Å². The van der Waals surface area contributed by atoms with Crippen LogP contribution in [0.2, 0.25) is 0 Å². The van der Waals surface area contributed by atoms with Crippen LogP contribution in [-0.4, -0.2) is 48.9 Å². The maximum Gasteiger partial charge on any atom is 0.292 e. The molecule has 0 radical (unpaired) electrons. The first-order valence-corrected chi connectivity index (χ1v) is 12.9. The third-order valence-electron chi connectivity index (χ3n) is 6.61. The highest BCUT2D eigenvalue weighted by Gasteiger charge is 2.24. The Balaban J connectivity index is 1.26. The summed E-state index contributed by atoms with van der Waals surface area (Å²) in [7, 11) is 0. The van der Waals surface area contributed by atoms with Gasteiger partial charge in [-0.15, -0.1) is 0 Å². The molecule has 1 saturated heterocycles. The van der Waals surface area contributed by atoms with Crippen molar-refractivity contribution in [2.45, 2.75) is 58.5 Å². The summed E-state index contributed by atoms with van der Waals surface area (Å²) in [6.07, 6.45) is 6.84. The fraction of sp³-hybridized carbons (Fsp3) is 0.407. The Morgan fingerprint density at radius 2 is 2.00 bits per heavy atom. The summed E-state index contributed by atoms with van der Waals surface area (Å²) in [6.45, 7) is 9.87. The van der Waals surface area contributed by atoms with E-state index in [1.54, 1.807) is 12.3 Å². The lowest BCUT2D eigenvalue weighted by molar-refractivity contribution is 0.0937. The van der Waals surface area contributed by atoms with Crippen LogP contribution in [-0.2, 0) is 12.0 Å². The van der Waals surface area contributed by atoms with Gasteiger partial charge in [-0.1, -0.05) is 38.1 Å². The van der Waals surface area contributed by atoms with E-state index < -0.39 is 11.7 Å². The van der Waals surface area contributed by atoms with Crippen LogP contribution in [0, 0.1) is 12.7 Å². The molecule has 3 N–H and O–H groups in total. The van der Waals surface area contributed by atoms with E-state index in [0.29, 0.717) is 17.5 Å². The van der Waals surface area contributed by atoms with Crippen molar-refractivity contribution in [2.24, 2.45) is 0 Å². The Bertz CT molecular complexity index is 1470. The lowest BCUT2D eigenvalue weighted by Gasteiger charge is -2.22. The fourth-order valence-corrected chi connectivity index (χ4v) is 4.35. The number of nitrogens with zero attached hydrogens (tertiary/aromatic N) is 6. The number of aryl methyl sites for hydroxylation is 1. The van der Waals surface area contributed by atoms with Gasteiger partial charge in [-0.05, 0) is 50.0 Å².